The van der Waals surface area contributed by atoms with Crippen LogP contribution in [0.2, 0.25) is 0 Å². The predicted molar refractivity (Wildman–Crippen MR) is 83.8 cm³/mol. The van der Waals surface area contributed by atoms with Crippen LogP contribution in [0.15, 0.2) is 24.3 Å². The smallest absolute Gasteiger partial charge is 0.323 e. The maximum Gasteiger partial charge on any atom is 0.323 e. The minimum Gasteiger partial charge on any atom is -0.480 e. The Balaban J connectivity index is 2.36. The van der Waals surface area contributed by atoms with E-state index in [1.165, 1.54) is 0 Å². The van der Waals surface area contributed by atoms with E-state index in [4.69, 9.17) is 4.74 Å². The summed E-state index contributed by atoms with van der Waals surface area (Å²) in [6.45, 7) is 10.2. The highest BCUT2D eigenvalue weighted by Crippen LogP contribution is 2.41. The first-order chi connectivity index (χ1) is 9.61. The summed E-state index contributed by atoms with van der Waals surface area (Å²) in [6.07, 6.45) is 0.807. The molecule has 0 amide bonds. The van der Waals surface area contributed by atoms with Crippen LogP contribution in [-0.2, 0) is 9.53 Å². The molecule has 1 aromatic carbocycles. The molecule has 21 heavy (non-hydrogen) atoms. The number of ether oxygens (including phenoxy) is 1. The Morgan fingerprint density at radius 2 is 1.86 bits per heavy atom. The molecule has 1 aliphatic rings. The number of anilines is 1. The Kier molecular flexibility index (Phi) is 4.02. The summed E-state index contributed by atoms with van der Waals surface area (Å²) in [7, 11) is 0. The van der Waals surface area contributed by atoms with Gasteiger partial charge in [-0.25, -0.2) is 0 Å². The number of aliphatic carboxylic acids is 1. The van der Waals surface area contributed by atoms with Crippen molar-refractivity contribution in [1.82, 2.24) is 0 Å². The number of hydrogen-bond donors (Lipinski definition) is 1. The van der Waals surface area contributed by atoms with Crippen molar-refractivity contribution < 1.29 is 14.6 Å². The van der Waals surface area contributed by atoms with E-state index in [1.807, 2.05) is 49.9 Å². The zero-order valence-corrected chi connectivity index (χ0v) is 13.5. The van der Waals surface area contributed by atoms with E-state index in [9.17, 15) is 9.90 Å². The van der Waals surface area contributed by atoms with Crippen molar-refractivity contribution in [2.24, 2.45) is 0 Å². The van der Waals surface area contributed by atoms with Crippen molar-refractivity contribution in [2.45, 2.75) is 58.3 Å². The molecule has 116 valence electrons. The Morgan fingerprint density at radius 1 is 1.29 bits per heavy atom. The number of nitrogens with zero attached hydrogens (tertiary/aromatic N) is 1. The summed E-state index contributed by atoms with van der Waals surface area (Å²) < 4.78 is 6.12. The number of aryl methyl sites for hydroxylation is 1. The van der Waals surface area contributed by atoms with Gasteiger partial charge in [-0.1, -0.05) is 17.7 Å². The zero-order chi connectivity index (χ0) is 15.8. The number of carboxylic acid groups (broad SMARTS) is 1. The van der Waals surface area contributed by atoms with Gasteiger partial charge < -0.3 is 14.7 Å². The number of benzene rings is 1. The molecule has 0 spiro atoms. The summed E-state index contributed by atoms with van der Waals surface area (Å²) in [5.74, 6) is -0.823. The van der Waals surface area contributed by atoms with Crippen molar-refractivity contribution in [3.8, 4) is 0 Å². The highest BCUT2D eigenvalue weighted by atomic mass is 16.5. The van der Waals surface area contributed by atoms with Crippen molar-refractivity contribution in [3.05, 3.63) is 29.8 Å². The van der Waals surface area contributed by atoms with Gasteiger partial charge in [0.25, 0.3) is 0 Å². The van der Waals surface area contributed by atoms with E-state index in [2.05, 4.69) is 13.8 Å². The Bertz CT molecular complexity index is 519. The maximum atomic E-state index is 11.3. The van der Waals surface area contributed by atoms with Crippen LogP contribution in [0.25, 0.3) is 0 Å². The first-order valence-corrected chi connectivity index (χ1v) is 7.36. The molecule has 0 saturated carbocycles. The molecule has 1 saturated heterocycles. The van der Waals surface area contributed by atoms with Gasteiger partial charge in [-0.05, 0) is 53.2 Å². The predicted octanol–water partition coefficient (Wildman–Crippen LogP) is 3.23. The van der Waals surface area contributed by atoms with Crippen LogP contribution >= 0.6 is 0 Å². The molecule has 1 heterocycles. The van der Waals surface area contributed by atoms with Crippen LogP contribution < -0.4 is 4.90 Å². The first kappa shape index (κ1) is 15.8. The van der Waals surface area contributed by atoms with Gasteiger partial charge in [-0.2, -0.15) is 0 Å². The average molecular weight is 291 g/mol. The largest absolute Gasteiger partial charge is 0.480 e. The van der Waals surface area contributed by atoms with Gasteiger partial charge in [0.15, 0.2) is 0 Å². The zero-order valence-electron chi connectivity index (χ0n) is 13.5. The van der Waals surface area contributed by atoms with Crippen LogP contribution in [0.3, 0.4) is 0 Å². The second-order valence-electron chi connectivity index (χ2n) is 7.04. The lowest BCUT2D eigenvalue weighted by atomic mass is 9.92. The van der Waals surface area contributed by atoms with Crippen LogP contribution in [0.4, 0.5) is 5.69 Å². The van der Waals surface area contributed by atoms with Gasteiger partial charge in [-0.3, -0.25) is 4.79 Å². The molecule has 0 bridgehead atoms. The summed E-state index contributed by atoms with van der Waals surface area (Å²) in [4.78, 5) is 13.3. The Hall–Kier alpha value is -1.55. The number of carbonyl (C=O) groups is 1. The van der Waals surface area contributed by atoms with E-state index in [0.29, 0.717) is 0 Å². The fourth-order valence-corrected chi connectivity index (χ4v) is 3.28. The molecular weight excluding hydrogens is 266 g/mol. The quantitative estimate of drug-likeness (QED) is 0.925. The molecule has 0 aromatic heterocycles. The topological polar surface area (TPSA) is 49.8 Å². The fourth-order valence-electron chi connectivity index (χ4n) is 3.28. The molecule has 1 unspecified atom stereocenters. The fraction of sp³-hybridized carbons (Fsp3) is 0.588. The van der Waals surface area contributed by atoms with Gasteiger partial charge in [0.05, 0.1) is 17.2 Å². The van der Waals surface area contributed by atoms with E-state index >= 15 is 0 Å². The summed E-state index contributed by atoms with van der Waals surface area (Å²) in [5, 5.41) is 9.28. The first-order valence-electron chi connectivity index (χ1n) is 7.36. The minimum absolute atomic E-state index is 0.0173. The molecule has 1 atom stereocenters. The number of rotatable bonds is 4. The molecule has 1 aliphatic heterocycles. The molecule has 1 aromatic rings. The average Bonchev–Trinajstić information content (AvgIpc) is 2.55. The van der Waals surface area contributed by atoms with Crippen molar-refractivity contribution >= 4 is 11.7 Å². The lowest BCUT2D eigenvalue weighted by molar-refractivity contribution is -0.135. The molecule has 0 aliphatic carbocycles. The number of carboxylic acids is 1. The number of hydrogen-bond acceptors (Lipinski definition) is 3. The van der Waals surface area contributed by atoms with Gasteiger partial charge in [0.1, 0.15) is 6.54 Å². The van der Waals surface area contributed by atoms with E-state index < -0.39 is 5.97 Å². The monoisotopic (exact) mass is 291 g/mol. The molecule has 1 N–H and O–H groups in total. The van der Waals surface area contributed by atoms with Crippen LogP contribution in [0, 0.1) is 6.92 Å². The second kappa shape index (κ2) is 5.34. The molecule has 0 radical (unpaired) electrons. The second-order valence-corrected chi connectivity index (χ2v) is 7.04. The normalized spacial score (nSPS) is 23.0. The lowest BCUT2D eigenvalue weighted by Crippen LogP contribution is -2.48. The van der Waals surface area contributed by atoms with Crippen molar-refractivity contribution in [1.29, 1.82) is 0 Å². The lowest BCUT2D eigenvalue weighted by Gasteiger charge is -2.37. The van der Waals surface area contributed by atoms with Crippen LogP contribution in [0.5, 0.6) is 0 Å². The highest BCUT2D eigenvalue weighted by Gasteiger charge is 2.48. The van der Waals surface area contributed by atoms with E-state index in [1.54, 1.807) is 0 Å². The third kappa shape index (κ3) is 3.56. The Morgan fingerprint density at radius 3 is 2.29 bits per heavy atom. The standard InChI is InChI=1S/C17H25NO3/c1-12-6-8-13(9-7-12)18(11-15(19)20)14-10-16(2,3)21-17(14,4)5/h6-9,14H,10-11H2,1-5H3,(H,19,20). The molecule has 4 nitrogen and oxygen atoms in total. The summed E-state index contributed by atoms with van der Waals surface area (Å²) in [5.41, 5.74) is 1.47. The third-order valence-electron chi connectivity index (χ3n) is 4.07. The summed E-state index contributed by atoms with van der Waals surface area (Å²) >= 11 is 0. The maximum absolute atomic E-state index is 11.3. The highest BCUT2D eigenvalue weighted by molar-refractivity contribution is 5.74. The molecule has 1 fully saturated rings. The van der Waals surface area contributed by atoms with E-state index in [-0.39, 0.29) is 23.8 Å². The third-order valence-corrected chi connectivity index (χ3v) is 4.07. The van der Waals surface area contributed by atoms with Crippen molar-refractivity contribution in [3.63, 3.8) is 0 Å². The Labute approximate surface area is 126 Å². The van der Waals surface area contributed by atoms with Crippen LogP contribution in [0.1, 0.15) is 39.7 Å². The SMILES string of the molecule is Cc1ccc(N(CC(=O)O)C2CC(C)(C)OC2(C)C)cc1. The van der Waals surface area contributed by atoms with Gasteiger partial charge in [0.2, 0.25) is 0 Å². The minimum atomic E-state index is -0.823. The summed E-state index contributed by atoms with van der Waals surface area (Å²) in [6, 6.07) is 8.03. The molecule has 4 heteroatoms. The van der Waals surface area contributed by atoms with Gasteiger partial charge >= 0.3 is 5.97 Å². The van der Waals surface area contributed by atoms with Crippen molar-refractivity contribution in [2.75, 3.05) is 11.4 Å². The molecule has 2 rings (SSSR count). The molecular formula is C17H25NO3. The van der Waals surface area contributed by atoms with Gasteiger partial charge in [-0.15, -0.1) is 0 Å². The van der Waals surface area contributed by atoms with E-state index in [0.717, 1.165) is 17.7 Å². The van der Waals surface area contributed by atoms with Gasteiger partial charge in [0, 0.05) is 5.69 Å². The van der Waals surface area contributed by atoms with Crippen LogP contribution in [-0.4, -0.2) is 34.9 Å².